The topological polar surface area (TPSA) is 77.1 Å². The highest BCUT2D eigenvalue weighted by Crippen LogP contribution is 2.51. The van der Waals surface area contributed by atoms with Crippen molar-refractivity contribution in [3.8, 4) is 11.5 Å². The number of aryl methyl sites for hydroxylation is 1. The largest absolute Gasteiger partial charge is 0.493 e. The van der Waals surface area contributed by atoms with E-state index in [1.54, 1.807) is 14.2 Å². The third kappa shape index (κ3) is 3.84. The molecule has 34 heavy (non-hydrogen) atoms. The van der Waals surface area contributed by atoms with Gasteiger partial charge in [0.25, 0.3) is 0 Å². The van der Waals surface area contributed by atoms with Crippen molar-refractivity contribution in [2.45, 2.75) is 31.6 Å². The Morgan fingerprint density at radius 3 is 2.59 bits per heavy atom. The van der Waals surface area contributed by atoms with Crippen LogP contribution in [0.4, 0.5) is 0 Å². The number of benzene rings is 2. The maximum Gasteiger partial charge on any atom is 0.230 e. The molecule has 1 spiro atoms. The van der Waals surface area contributed by atoms with E-state index in [0.717, 1.165) is 11.1 Å². The molecule has 0 aromatic heterocycles. The van der Waals surface area contributed by atoms with Crippen molar-refractivity contribution in [1.82, 2.24) is 10.2 Å². The molecule has 3 aliphatic heterocycles. The van der Waals surface area contributed by atoms with Crippen LogP contribution in [0, 0.1) is 18.8 Å². The summed E-state index contributed by atoms with van der Waals surface area (Å²) in [5.41, 5.74) is 2.55. The number of nitrogens with one attached hydrogen (secondary N) is 1. The highest BCUT2D eigenvalue weighted by molar-refractivity contribution is 5.93. The van der Waals surface area contributed by atoms with Gasteiger partial charge in [-0.25, -0.2) is 0 Å². The van der Waals surface area contributed by atoms with Crippen molar-refractivity contribution in [1.29, 1.82) is 0 Å². The van der Waals surface area contributed by atoms with Gasteiger partial charge < -0.3 is 24.4 Å². The number of methoxy groups -OCH3 is 2. The molecule has 7 heteroatoms. The number of nitrogens with zero attached hydrogens (tertiary/aromatic N) is 1. The van der Waals surface area contributed by atoms with Gasteiger partial charge in [0.2, 0.25) is 11.8 Å². The van der Waals surface area contributed by atoms with E-state index >= 15 is 0 Å². The molecule has 1 N–H and O–H groups in total. The number of fused-ring (bicyclic) bond motifs is 1. The normalized spacial score (nSPS) is 26.6. The summed E-state index contributed by atoms with van der Waals surface area (Å²) in [4.78, 5) is 28.4. The highest BCUT2D eigenvalue weighted by Gasteiger charge is 2.66. The Kier molecular flexibility index (Phi) is 5.81. The highest BCUT2D eigenvalue weighted by atomic mass is 16.5. The number of amides is 2. The van der Waals surface area contributed by atoms with Crippen molar-refractivity contribution in [2.24, 2.45) is 11.8 Å². The van der Waals surface area contributed by atoms with Crippen LogP contribution in [0.25, 0.3) is 0 Å². The maximum absolute atomic E-state index is 13.4. The average Bonchev–Trinajstić information content (AvgIpc) is 3.50. The second-order valence-electron chi connectivity index (χ2n) is 9.30. The van der Waals surface area contributed by atoms with Crippen LogP contribution in [0.1, 0.15) is 16.7 Å². The Labute approximate surface area is 199 Å². The molecule has 2 bridgehead atoms. The van der Waals surface area contributed by atoms with Crippen LogP contribution in [0.15, 0.2) is 54.6 Å². The summed E-state index contributed by atoms with van der Waals surface area (Å²) >= 11 is 0. The van der Waals surface area contributed by atoms with Gasteiger partial charge in [0, 0.05) is 13.1 Å². The third-order valence-corrected chi connectivity index (χ3v) is 7.19. The fraction of sp³-hybridized carbons (Fsp3) is 0.407. The van der Waals surface area contributed by atoms with Crippen LogP contribution >= 0.6 is 0 Å². The second kappa shape index (κ2) is 8.80. The van der Waals surface area contributed by atoms with Gasteiger partial charge >= 0.3 is 0 Å². The van der Waals surface area contributed by atoms with Crippen molar-refractivity contribution >= 4 is 11.8 Å². The molecule has 5 rings (SSSR count). The minimum Gasteiger partial charge on any atom is -0.493 e. The van der Waals surface area contributed by atoms with E-state index in [1.807, 2.05) is 66.4 Å². The van der Waals surface area contributed by atoms with E-state index in [0.29, 0.717) is 37.6 Å². The number of hydrogen-bond donors (Lipinski definition) is 1. The monoisotopic (exact) mass is 462 g/mol. The lowest BCUT2D eigenvalue weighted by Crippen LogP contribution is -2.44. The van der Waals surface area contributed by atoms with Crippen molar-refractivity contribution in [3.63, 3.8) is 0 Å². The number of carbonyl (C=O) groups excluding carboxylic acids is 2. The number of hydrogen-bond acceptors (Lipinski definition) is 5. The summed E-state index contributed by atoms with van der Waals surface area (Å²) in [6, 6.07) is 13.8. The van der Waals surface area contributed by atoms with Gasteiger partial charge in [-0.1, -0.05) is 48.0 Å². The van der Waals surface area contributed by atoms with Gasteiger partial charge in [-0.3, -0.25) is 9.59 Å². The van der Waals surface area contributed by atoms with Gasteiger partial charge in [0.05, 0.1) is 38.7 Å². The molecule has 4 atom stereocenters. The molecular weight excluding hydrogens is 432 g/mol. The van der Waals surface area contributed by atoms with E-state index in [2.05, 4.69) is 5.32 Å². The lowest BCUT2D eigenvalue weighted by atomic mass is 9.77. The number of likely N-dealkylation sites (tertiary alicyclic amines) is 1. The molecule has 3 heterocycles. The molecule has 2 saturated heterocycles. The van der Waals surface area contributed by atoms with Gasteiger partial charge in [-0.15, -0.1) is 0 Å². The summed E-state index contributed by atoms with van der Waals surface area (Å²) in [6.07, 6.45) is 4.25. The van der Waals surface area contributed by atoms with E-state index in [9.17, 15) is 9.59 Å². The fourth-order valence-electron chi connectivity index (χ4n) is 5.38. The molecular formula is C27H30N2O5. The zero-order valence-electron chi connectivity index (χ0n) is 19.7. The molecule has 2 aromatic carbocycles. The third-order valence-electron chi connectivity index (χ3n) is 7.19. The van der Waals surface area contributed by atoms with Gasteiger partial charge in [0.15, 0.2) is 11.5 Å². The Balaban J connectivity index is 1.25. The van der Waals surface area contributed by atoms with Crippen LogP contribution in [0.3, 0.4) is 0 Å². The number of ether oxygens (including phenoxy) is 3. The van der Waals surface area contributed by atoms with Crippen molar-refractivity contribution in [2.75, 3.05) is 27.3 Å². The van der Waals surface area contributed by atoms with Crippen LogP contribution in [0.5, 0.6) is 11.5 Å². The predicted octanol–water partition coefficient (Wildman–Crippen LogP) is 2.65. The first-order valence-corrected chi connectivity index (χ1v) is 11.6. The Hall–Kier alpha value is -3.32. The zero-order valence-corrected chi connectivity index (χ0v) is 19.7. The molecule has 2 fully saturated rings. The zero-order chi connectivity index (χ0) is 23.9. The van der Waals surface area contributed by atoms with Crippen LogP contribution < -0.4 is 14.8 Å². The predicted molar refractivity (Wildman–Crippen MR) is 127 cm³/mol. The molecule has 0 radical (unpaired) electrons. The molecule has 7 nitrogen and oxygen atoms in total. The van der Waals surface area contributed by atoms with Crippen LogP contribution in [-0.4, -0.2) is 55.7 Å². The first-order valence-electron chi connectivity index (χ1n) is 11.6. The summed E-state index contributed by atoms with van der Waals surface area (Å²) < 4.78 is 16.9. The lowest BCUT2D eigenvalue weighted by molar-refractivity contribution is -0.137. The summed E-state index contributed by atoms with van der Waals surface area (Å²) in [5.74, 6) is 0.213. The SMILES string of the molecule is COc1ccc(CCN2C[C@@]34C=C[C@H](O3)[C@@H](C(=O)NCc3ccc(C)cc3)[C@H]4C2=O)cc1OC. The Morgan fingerprint density at radius 1 is 1.12 bits per heavy atom. The van der Waals surface area contributed by atoms with Crippen molar-refractivity contribution in [3.05, 3.63) is 71.3 Å². The van der Waals surface area contributed by atoms with Gasteiger partial charge in [0.1, 0.15) is 5.60 Å². The first-order chi connectivity index (χ1) is 16.4. The summed E-state index contributed by atoms with van der Waals surface area (Å²) in [6.45, 7) is 3.48. The van der Waals surface area contributed by atoms with Crippen molar-refractivity contribution < 1.29 is 23.8 Å². The van der Waals surface area contributed by atoms with Crippen LogP contribution in [-0.2, 0) is 27.3 Å². The molecule has 2 aromatic rings. The first kappa shape index (κ1) is 22.5. The average molecular weight is 463 g/mol. The Morgan fingerprint density at radius 2 is 1.85 bits per heavy atom. The fourth-order valence-corrected chi connectivity index (χ4v) is 5.38. The lowest BCUT2D eigenvalue weighted by Gasteiger charge is -2.23. The Bertz CT molecular complexity index is 1130. The van der Waals surface area contributed by atoms with E-state index in [1.165, 1.54) is 5.56 Å². The minimum atomic E-state index is -0.703. The number of carbonyl (C=O) groups is 2. The van der Waals surface area contributed by atoms with E-state index in [-0.39, 0.29) is 17.9 Å². The van der Waals surface area contributed by atoms with Gasteiger partial charge in [-0.2, -0.15) is 0 Å². The molecule has 0 unspecified atom stereocenters. The maximum atomic E-state index is 13.4. The number of rotatable bonds is 8. The molecule has 0 saturated carbocycles. The standard InChI is InChI=1S/C27H30N2O5/c1-17-4-6-19(7-5-17)15-28-25(30)23-21-10-12-27(34-21)16-29(26(31)24(23)27)13-11-18-8-9-20(32-2)22(14-18)33-3/h4-10,12,14,21,23-24H,11,13,15-16H2,1-3H3,(H,28,30)/t21-,23+,24-,27+/m0/s1. The quantitative estimate of drug-likeness (QED) is 0.611. The van der Waals surface area contributed by atoms with E-state index in [4.69, 9.17) is 14.2 Å². The minimum absolute atomic E-state index is 0.0113. The molecule has 2 amide bonds. The second-order valence-corrected chi connectivity index (χ2v) is 9.30. The van der Waals surface area contributed by atoms with E-state index < -0.39 is 17.4 Å². The molecule has 3 aliphatic rings. The van der Waals surface area contributed by atoms with Crippen LogP contribution in [0.2, 0.25) is 0 Å². The summed E-state index contributed by atoms with van der Waals surface area (Å²) in [7, 11) is 3.21. The smallest absolute Gasteiger partial charge is 0.230 e. The summed E-state index contributed by atoms with van der Waals surface area (Å²) in [5, 5.41) is 3.02. The van der Waals surface area contributed by atoms with Gasteiger partial charge in [-0.05, 0) is 36.6 Å². The molecule has 0 aliphatic carbocycles. The molecule has 178 valence electrons.